The van der Waals surface area contributed by atoms with Gasteiger partial charge in [-0.25, -0.2) is 4.39 Å². The second-order valence-corrected chi connectivity index (χ2v) is 7.72. The average molecular weight is 441 g/mol. The van der Waals surface area contributed by atoms with E-state index in [1.54, 1.807) is 25.6 Å². The number of nitrogens with zero attached hydrogens (tertiary/aromatic N) is 2. The van der Waals surface area contributed by atoms with Crippen LogP contribution in [0.15, 0.2) is 48.8 Å². The van der Waals surface area contributed by atoms with E-state index in [-0.39, 0.29) is 12.3 Å². The van der Waals surface area contributed by atoms with Gasteiger partial charge in [0.2, 0.25) is 5.91 Å². The highest BCUT2D eigenvalue weighted by Gasteiger charge is 2.16. The van der Waals surface area contributed by atoms with E-state index in [1.807, 2.05) is 38.4 Å². The molecule has 32 heavy (non-hydrogen) atoms. The molecule has 0 atom stereocenters. The van der Waals surface area contributed by atoms with Crippen molar-refractivity contribution < 1.29 is 18.7 Å². The minimum atomic E-state index is -0.463. The Morgan fingerprint density at radius 2 is 2.09 bits per heavy atom. The van der Waals surface area contributed by atoms with Crippen LogP contribution in [0.4, 0.5) is 10.1 Å². The van der Waals surface area contributed by atoms with Crippen LogP contribution in [0.25, 0.3) is 11.1 Å². The zero-order valence-electron chi connectivity index (χ0n) is 18.7. The number of aryl methyl sites for hydroxylation is 1. The van der Waals surface area contributed by atoms with E-state index in [0.717, 1.165) is 24.3 Å². The monoisotopic (exact) mass is 440 g/mol. The molecule has 0 radical (unpaired) electrons. The van der Waals surface area contributed by atoms with Crippen LogP contribution >= 0.6 is 0 Å². The topological polar surface area (TPSA) is 79.5 Å². The summed E-state index contributed by atoms with van der Waals surface area (Å²) in [6.07, 6.45) is 4.74. The number of carbonyl (C=O) groups is 1. The third kappa shape index (κ3) is 6.55. The number of hydrogen-bond donors (Lipinski definition) is 2. The molecular weight excluding hydrogens is 411 g/mol. The Hall–Kier alpha value is -3.39. The van der Waals surface area contributed by atoms with Crippen LogP contribution in [-0.4, -0.2) is 55.4 Å². The lowest BCUT2D eigenvalue weighted by atomic mass is 10.1. The minimum Gasteiger partial charge on any atom is -0.497 e. The molecule has 8 heteroatoms. The summed E-state index contributed by atoms with van der Waals surface area (Å²) >= 11 is 0. The van der Waals surface area contributed by atoms with Gasteiger partial charge in [-0.05, 0) is 50.7 Å². The third-order valence-electron chi connectivity index (χ3n) is 4.93. The Morgan fingerprint density at radius 1 is 1.25 bits per heavy atom. The fourth-order valence-electron chi connectivity index (χ4n) is 3.25. The second kappa shape index (κ2) is 11.3. The highest BCUT2D eigenvalue weighted by atomic mass is 19.1. The van der Waals surface area contributed by atoms with Crippen LogP contribution in [0.5, 0.6) is 11.5 Å². The molecule has 0 spiro atoms. The van der Waals surface area contributed by atoms with Crippen LogP contribution in [0, 0.1) is 5.82 Å². The molecular formula is C24H29FN4O3. The van der Waals surface area contributed by atoms with Crippen LogP contribution in [-0.2, 0) is 11.2 Å². The quantitative estimate of drug-likeness (QED) is 0.439. The van der Waals surface area contributed by atoms with E-state index >= 15 is 0 Å². The van der Waals surface area contributed by atoms with E-state index in [1.165, 1.54) is 6.07 Å². The van der Waals surface area contributed by atoms with Gasteiger partial charge in [0, 0.05) is 36.4 Å². The lowest BCUT2D eigenvalue weighted by Gasteiger charge is -2.16. The van der Waals surface area contributed by atoms with Crippen molar-refractivity contribution in [3.63, 3.8) is 0 Å². The first-order valence-electron chi connectivity index (χ1n) is 10.5. The smallest absolute Gasteiger partial charge is 0.224 e. The van der Waals surface area contributed by atoms with Crippen molar-refractivity contribution in [2.75, 3.05) is 39.7 Å². The molecule has 3 rings (SSSR count). The fourth-order valence-corrected chi connectivity index (χ4v) is 3.25. The summed E-state index contributed by atoms with van der Waals surface area (Å²) < 4.78 is 25.9. The lowest BCUT2D eigenvalue weighted by molar-refractivity contribution is -0.116. The summed E-state index contributed by atoms with van der Waals surface area (Å²) in [5.74, 6) is 0.487. The Balaban J connectivity index is 1.72. The van der Waals surface area contributed by atoms with Crippen molar-refractivity contribution in [2.45, 2.75) is 19.3 Å². The van der Waals surface area contributed by atoms with Crippen LogP contribution in [0.3, 0.4) is 0 Å². The molecule has 7 nitrogen and oxygen atoms in total. The van der Waals surface area contributed by atoms with Crippen molar-refractivity contribution in [2.24, 2.45) is 0 Å². The Bertz CT molecular complexity index is 1020. The zero-order valence-corrected chi connectivity index (χ0v) is 18.7. The van der Waals surface area contributed by atoms with Gasteiger partial charge in [0.1, 0.15) is 17.3 Å². The van der Waals surface area contributed by atoms with Gasteiger partial charge in [-0.2, -0.15) is 5.10 Å². The van der Waals surface area contributed by atoms with E-state index in [0.29, 0.717) is 35.6 Å². The van der Waals surface area contributed by atoms with Crippen molar-refractivity contribution in [3.05, 3.63) is 60.2 Å². The molecule has 0 saturated heterocycles. The first kappa shape index (κ1) is 23.3. The third-order valence-corrected chi connectivity index (χ3v) is 4.93. The summed E-state index contributed by atoms with van der Waals surface area (Å²) in [5.41, 5.74) is 2.27. The van der Waals surface area contributed by atoms with Gasteiger partial charge >= 0.3 is 0 Å². The van der Waals surface area contributed by atoms with Gasteiger partial charge in [0.05, 0.1) is 25.6 Å². The number of hydrogen-bond acceptors (Lipinski definition) is 5. The SMILES string of the molecule is COc1cccc(CCC(=O)Nc2cc(F)c(-c3cn[nH]c3)cc2OCCCN(C)C)c1. The van der Waals surface area contributed by atoms with Gasteiger partial charge in [0.25, 0.3) is 0 Å². The van der Waals surface area contributed by atoms with Gasteiger partial charge in [-0.3, -0.25) is 9.89 Å². The first-order valence-corrected chi connectivity index (χ1v) is 10.5. The second-order valence-electron chi connectivity index (χ2n) is 7.72. The van der Waals surface area contributed by atoms with Crippen molar-refractivity contribution in [1.82, 2.24) is 15.1 Å². The summed E-state index contributed by atoms with van der Waals surface area (Å²) in [4.78, 5) is 14.7. The van der Waals surface area contributed by atoms with Crippen LogP contribution < -0.4 is 14.8 Å². The van der Waals surface area contributed by atoms with E-state index in [9.17, 15) is 9.18 Å². The summed E-state index contributed by atoms with van der Waals surface area (Å²) in [6.45, 7) is 1.30. The molecule has 2 aromatic carbocycles. The number of aromatic nitrogens is 2. The van der Waals surface area contributed by atoms with Gasteiger partial charge in [-0.1, -0.05) is 12.1 Å². The molecule has 0 fully saturated rings. The number of benzene rings is 2. The summed E-state index contributed by atoms with van der Waals surface area (Å²) in [6, 6.07) is 10.5. The molecule has 0 unspecified atom stereocenters. The Kier molecular flexibility index (Phi) is 8.21. The maximum Gasteiger partial charge on any atom is 0.224 e. The standard InChI is InChI=1S/C24H29FN4O3/c1-29(2)10-5-11-32-23-13-20(18-15-26-27-16-18)21(25)14-22(23)28-24(30)9-8-17-6-4-7-19(12-17)31-3/h4,6-7,12-16H,5,8-11H2,1-3H3,(H,26,27)(H,28,30). The number of carbonyl (C=O) groups excluding carboxylic acids is 1. The molecule has 3 aromatic rings. The molecule has 1 amide bonds. The minimum absolute atomic E-state index is 0.221. The number of nitrogens with one attached hydrogen (secondary N) is 2. The number of aromatic amines is 1. The molecule has 1 aromatic heterocycles. The van der Waals surface area contributed by atoms with Crippen LogP contribution in [0.1, 0.15) is 18.4 Å². The molecule has 170 valence electrons. The molecule has 0 aliphatic heterocycles. The maximum absolute atomic E-state index is 14.8. The number of amides is 1. The Labute approximate surface area is 187 Å². The lowest BCUT2D eigenvalue weighted by Crippen LogP contribution is -2.17. The highest BCUT2D eigenvalue weighted by Crippen LogP contribution is 2.33. The number of methoxy groups -OCH3 is 1. The Morgan fingerprint density at radius 3 is 2.81 bits per heavy atom. The van der Waals surface area contributed by atoms with Crippen molar-refractivity contribution in [3.8, 4) is 22.6 Å². The largest absolute Gasteiger partial charge is 0.497 e. The van der Waals surface area contributed by atoms with Gasteiger partial charge in [-0.15, -0.1) is 0 Å². The van der Waals surface area contributed by atoms with E-state index in [4.69, 9.17) is 9.47 Å². The summed E-state index contributed by atoms with van der Waals surface area (Å²) in [7, 11) is 5.58. The number of rotatable bonds is 11. The molecule has 0 aliphatic carbocycles. The number of H-pyrrole nitrogens is 1. The molecule has 0 saturated carbocycles. The number of ether oxygens (including phenoxy) is 2. The zero-order chi connectivity index (χ0) is 22.9. The summed E-state index contributed by atoms with van der Waals surface area (Å²) in [5, 5.41) is 9.37. The fraction of sp³-hybridized carbons (Fsp3) is 0.333. The highest BCUT2D eigenvalue weighted by molar-refractivity contribution is 5.93. The molecule has 2 N–H and O–H groups in total. The van der Waals surface area contributed by atoms with Crippen molar-refractivity contribution >= 4 is 11.6 Å². The van der Waals surface area contributed by atoms with Crippen LogP contribution in [0.2, 0.25) is 0 Å². The van der Waals surface area contributed by atoms with Gasteiger partial charge in [0.15, 0.2) is 0 Å². The van der Waals surface area contributed by atoms with Gasteiger partial charge < -0.3 is 19.7 Å². The molecule has 1 heterocycles. The first-order chi connectivity index (χ1) is 15.5. The van der Waals surface area contributed by atoms with E-state index < -0.39 is 5.82 Å². The average Bonchev–Trinajstić information content (AvgIpc) is 3.31. The normalized spacial score (nSPS) is 10.9. The number of halogens is 1. The number of anilines is 1. The predicted molar refractivity (Wildman–Crippen MR) is 123 cm³/mol. The molecule has 0 aliphatic rings. The molecule has 0 bridgehead atoms. The maximum atomic E-state index is 14.8. The predicted octanol–water partition coefficient (Wildman–Crippen LogP) is 4.13. The van der Waals surface area contributed by atoms with Crippen molar-refractivity contribution in [1.29, 1.82) is 0 Å². The van der Waals surface area contributed by atoms with E-state index in [2.05, 4.69) is 20.4 Å².